The van der Waals surface area contributed by atoms with E-state index in [1.165, 1.54) is 0 Å². The molecule has 0 aromatic rings. The summed E-state index contributed by atoms with van der Waals surface area (Å²) in [5.74, 6) is -16.0. The van der Waals surface area contributed by atoms with Gasteiger partial charge in [0.05, 0.1) is 0 Å². The van der Waals surface area contributed by atoms with E-state index in [-0.39, 0.29) is 17.0 Å². The van der Waals surface area contributed by atoms with Crippen LogP contribution in [0.2, 0.25) is 0 Å². The highest BCUT2D eigenvalue weighted by Crippen LogP contribution is 2.36. The third-order valence-corrected chi connectivity index (χ3v) is 1.36. The maximum absolute atomic E-state index is 12.0. The van der Waals surface area contributed by atoms with Crippen molar-refractivity contribution in [3.8, 4) is 0 Å². The fourth-order valence-electron chi connectivity index (χ4n) is 0.664. The summed E-state index contributed by atoms with van der Waals surface area (Å²) in [4.78, 5) is 20.0. The highest BCUT2D eigenvalue weighted by molar-refractivity contribution is 5.98. The minimum atomic E-state index is -5.24. The first kappa shape index (κ1) is 12.4. The van der Waals surface area contributed by atoms with E-state index < -0.39 is 28.8 Å². The van der Waals surface area contributed by atoms with E-state index in [1.807, 2.05) is 0 Å². The lowest BCUT2D eigenvalue weighted by molar-refractivity contribution is -0.894. The van der Waals surface area contributed by atoms with Crippen molar-refractivity contribution < 1.29 is 53.7 Å². The van der Waals surface area contributed by atoms with Gasteiger partial charge in [0.25, 0.3) is 0 Å². The van der Waals surface area contributed by atoms with Gasteiger partial charge in [-0.1, -0.05) is 0 Å². The van der Waals surface area contributed by atoms with Crippen LogP contribution in [0.5, 0.6) is 0 Å². The molecule has 0 bridgehead atoms. The molecule has 1 aliphatic heterocycles. The molecule has 1 N–H and O–H groups in total. The summed E-state index contributed by atoms with van der Waals surface area (Å²) >= 11 is 0. The maximum Gasteiger partial charge on any atom is 0.439 e. The molecule has 0 aromatic heterocycles. The number of carbonyl (C=O) groups is 2. The van der Waals surface area contributed by atoms with Crippen LogP contribution in [0.1, 0.15) is 0 Å². The van der Waals surface area contributed by atoms with Crippen LogP contribution in [0.15, 0.2) is 0 Å². The van der Waals surface area contributed by atoms with Crippen molar-refractivity contribution in [2.45, 2.75) is 11.8 Å². The highest BCUT2D eigenvalue weighted by Gasteiger charge is 2.82. The van der Waals surface area contributed by atoms with Gasteiger partial charge in [-0.05, 0) is 5.12 Å². The Kier molecular flexibility index (Phi) is 2.85. The number of nitrogens with one attached hydrogen (secondary N) is 1. The second-order valence-corrected chi connectivity index (χ2v) is 2.12. The molecule has 0 radical (unpaired) electrons. The Morgan fingerprint density at radius 3 is 1.23 bits per heavy atom. The lowest BCUT2D eigenvalue weighted by Crippen LogP contribution is -3.09. The summed E-state index contributed by atoms with van der Waals surface area (Å²) in [5, 5.41) is -2.59. The van der Waals surface area contributed by atoms with Gasteiger partial charge in [-0.15, -0.1) is 0 Å². The molecule has 1 heterocycles. The number of hydrogen-bond acceptors (Lipinski definition) is 2. The summed E-state index contributed by atoms with van der Waals surface area (Å²) in [6, 6.07) is 0. The standard InChI is InChI=1S/C4F5NO2.BrH/c5-3(6)1(11)10(9)2(12)4(3,7)8;/h;1H. The van der Waals surface area contributed by atoms with Gasteiger partial charge in [-0.25, -0.2) is 9.59 Å². The largest absolute Gasteiger partial charge is 1.00 e. The highest BCUT2D eigenvalue weighted by atomic mass is 79.9. The molecule has 76 valence electrons. The third kappa shape index (κ3) is 1.26. The van der Waals surface area contributed by atoms with Crippen LogP contribution in [0.4, 0.5) is 22.0 Å². The van der Waals surface area contributed by atoms with Crippen molar-refractivity contribution in [2.75, 3.05) is 0 Å². The van der Waals surface area contributed by atoms with Gasteiger partial charge < -0.3 is 17.0 Å². The minimum absolute atomic E-state index is 0. The zero-order valence-corrected chi connectivity index (χ0v) is 7.17. The van der Waals surface area contributed by atoms with Crippen LogP contribution < -0.4 is 22.1 Å². The normalized spacial score (nSPS) is 25.9. The number of alkyl halides is 4. The number of hydrogen-bond donors (Lipinski definition) is 1. The van der Waals surface area contributed by atoms with Crippen LogP contribution in [-0.2, 0) is 9.59 Å². The van der Waals surface area contributed by atoms with E-state index >= 15 is 0 Å². The molecule has 0 aliphatic carbocycles. The molecule has 2 amide bonds. The number of rotatable bonds is 0. The van der Waals surface area contributed by atoms with Crippen molar-refractivity contribution in [3.05, 3.63) is 0 Å². The fourth-order valence-corrected chi connectivity index (χ4v) is 0.664. The Labute approximate surface area is 78.2 Å². The average molecular weight is 270 g/mol. The van der Waals surface area contributed by atoms with E-state index in [0.717, 1.165) is 0 Å². The Morgan fingerprint density at radius 2 is 1.15 bits per heavy atom. The van der Waals surface area contributed by atoms with Crippen molar-refractivity contribution >= 4 is 11.8 Å². The van der Waals surface area contributed by atoms with Crippen molar-refractivity contribution in [3.63, 3.8) is 0 Å². The number of carbonyl (C=O) groups excluding carboxylic acids is 2. The summed E-state index contributed by atoms with van der Waals surface area (Å²) in [5.41, 5.74) is 0. The Bertz CT molecular complexity index is 241. The van der Waals surface area contributed by atoms with Gasteiger partial charge in [-0.3, -0.25) is 0 Å². The molecule has 3 nitrogen and oxygen atoms in total. The van der Waals surface area contributed by atoms with Gasteiger partial charge in [0.15, 0.2) is 0 Å². The van der Waals surface area contributed by atoms with Gasteiger partial charge in [0.2, 0.25) is 0 Å². The molecule has 1 aliphatic rings. The van der Waals surface area contributed by atoms with Crippen LogP contribution in [0.25, 0.3) is 0 Å². The van der Waals surface area contributed by atoms with E-state index in [9.17, 15) is 31.6 Å². The zero-order valence-electron chi connectivity index (χ0n) is 5.58. The molecule has 0 saturated carbocycles. The molecule has 9 heteroatoms. The van der Waals surface area contributed by atoms with Crippen LogP contribution in [0.3, 0.4) is 0 Å². The third-order valence-electron chi connectivity index (χ3n) is 1.36. The predicted octanol–water partition coefficient (Wildman–Crippen LogP) is -3.90. The smallest absolute Gasteiger partial charge is 0.439 e. The van der Waals surface area contributed by atoms with Crippen LogP contribution in [-0.4, -0.2) is 23.7 Å². The Hall–Kier alpha value is -0.570. The van der Waals surface area contributed by atoms with Gasteiger partial charge in [0, 0.05) is 4.48 Å². The van der Waals surface area contributed by atoms with E-state index in [0.29, 0.717) is 0 Å². The van der Waals surface area contributed by atoms with Gasteiger partial charge >= 0.3 is 23.7 Å². The second-order valence-electron chi connectivity index (χ2n) is 2.12. The molecular weight excluding hydrogens is 269 g/mol. The molecule has 1 saturated heterocycles. The minimum Gasteiger partial charge on any atom is -1.00 e. The molecule has 0 spiro atoms. The van der Waals surface area contributed by atoms with E-state index in [2.05, 4.69) is 0 Å². The molecule has 0 unspecified atom stereocenters. The molecule has 1 rings (SSSR count). The summed E-state index contributed by atoms with van der Waals surface area (Å²) in [6.45, 7) is 0. The molecule has 13 heavy (non-hydrogen) atoms. The summed E-state index contributed by atoms with van der Waals surface area (Å²) in [7, 11) is 0. The number of amides is 2. The summed E-state index contributed by atoms with van der Waals surface area (Å²) in [6.07, 6.45) is 0. The monoisotopic (exact) mass is 269 g/mol. The Morgan fingerprint density at radius 1 is 0.923 bits per heavy atom. The lowest BCUT2D eigenvalue weighted by atomic mass is 10.2. The second kappa shape index (κ2) is 2.98. The van der Waals surface area contributed by atoms with Gasteiger partial charge in [0.1, 0.15) is 0 Å². The summed E-state index contributed by atoms with van der Waals surface area (Å²) < 4.78 is 60.1. The first-order valence-corrected chi connectivity index (χ1v) is 2.60. The van der Waals surface area contributed by atoms with Crippen molar-refractivity contribution in [1.29, 1.82) is 0 Å². The first-order valence-electron chi connectivity index (χ1n) is 2.60. The quantitative estimate of drug-likeness (QED) is 0.277. The van der Waals surface area contributed by atoms with Crippen LogP contribution in [0, 0.1) is 0 Å². The first-order chi connectivity index (χ1) is 5.23. The van der Waals surface area contributed by atoms with Crippen LogP contribution >= 0.6 is 0 Å². The SMILES string of the molecule is O=C1[NH+](F)C(=O)C(F)(F)C1(F)F.[Br-]. The number of imide groups is 1. The average Bonchev–Trinajstić information content (AvgIpc) is 2.05. The van der Waals surface area contributed by atoms with E-state index in [4.69, 9.17) is 0 Å². The Balaban J connectivity index is 0.00000144. The number of halogens is 6. The predicted molar refractivity (Wildman–Crippen MR) is 22.0 cm³/mol. The molecule has 1 fully saturated rings. The van der Waals surface area contributed by atoms with Crippen molar-refractivity contribution in [2.24, 2.45) is 0 Å². The zero-order chi connectivity index (χ0) is 9.73. The fraction of sp³-hybridized carbons (Fsp3) is 0.500. The molecule has 0 aromatic carbocycles. The molecular formula is C4HBrF5NO2. The maximum atomic E-state index is 12.0. The molecule has 0 atom stereocenters. The lowest BCUT2D eigenvalue weighted by Gasteiger charge is -2.07. The van der Waals surface area contributed by atoms with Gasteiger partial charge in [-0.2, -0.15) is 17.6 Å². The topological polar surface area (TPSA) is 38.6 Å². The van der Waals surface area contributed by atoms with Crippen molar-refractivity contribution in [1.82, 2.24) is 0 Å². The van der Waals surface area contributed by atoms with E-state index in [1.54, 1.807) is 0 Å². The number of quaternary nitrogens is 1.